The van der Waals surface area contributed by atoms with E-state index in [2.05, 4.69) is 5.32 Å². The van der Waals surface area contributed by atoms with E-state index < -0.39 is 12.1 Å². The van der Waals surface area contributed by atoms with E-state index in [0.717, 1.165) is 0 Å². The van der Waals surface area contributed by atoms with Crippen molar-refractivity contribution in [2.24, 2.45) is 0 Å². The number of carbonyl (C=O) groups excluding carboxylic acids is 2. The predicted octanol–water partition coefficient (Wildman–Crippen LogP) is 3.53. The number of nitriles is 1. The smallest absolute Gasteiger partial charge is 0.338 e. The Kier molecular flexibility index (Phi) is 6.34. The van der Waals surface area contributed by atoms with Gasteiger partial charge in [-0.3, -0.25) is 4.79 Å². The molecule has 0 aliphatic carbocycles. The Hall–Kier alpha value is -3.33. The van der Waals surface area contributed by atoms with Gasteiger partial charge in [0, 0.05) is 5.69 Å². The van der Waals surface area contributed by atoms with E-state index in [1.807, 2.05) is 6.07 Å². The monoisotopic (exact) mass is 352 g/mol. The number of esters is 1. The van der Waals surface area contributed by atoms with Crippen LogP contribution in [0.2, 0.25) is 0 Å². The molecule has 0 unspecified atom stereocenters. The van der Waals surface area contributed by atoms with Gasteiger partial charge in [0.05, 0.1) is 23.3 Å². The van der Waals surface area contributed by atoms with Crippen molar-refractivity contribution in [1.82, 2.24) is 0 Å². The number of amides is 1. The fourth-order valence-electron chi connectivity index (χ4n) is 2.08. The number of hydrogen-bond donors (Lipinski definition) is 1. The molecule has 0 saturated carbocycles. The number of benzene rings is 2. The number of carbonyl (C=O) groups is 2. The molecule has 1 amide bonds. The van der Waals surface area contributed by atoms with Crippen molar-refractivity contribution >= 4 is 17.6 Å². The molecular formula is C20H20N2O4. The Morgan fingerprint density at radius 3 is 2.15 bits per heavy atom. The zero-order valence-corrected chi connectivity index (χ0v) is 14.9. The predicted molar refractivity (Wildman–Crippen MR) is 96.9 cm³/mol. The average Bonchev–Trinajstić information content (AvgIpc) is 2.62. The summed E-state index contributed by atoms with van der Waals surface area (Å²) in [6.07, 6.45) is -0.921. The molecule has 26 heavy (non-hydrogen) atoms. The second-order valence-electron chi connectivity index (χ2n) is 5.92. The third-order valence-electron chi connectivity index (χ3n) is 3.40. The van der Waals surface area contributed by atoms with Gasteiger partial charge in [-0.05, 0) is 69.3 Å². The van der Waals surface area contributed by atoms with Crippen LogP contribution >= 0.6 is 0 Å². The third kappa shape index (κ3) is 5.35. The summed E-state index contributed by atoms with van der Waals surface area (Å²) in [5.74, 6) is -0.235. The lowest BCUT2D eigenvalue weighted by Crippen LogP contribution is -2.30. The summed E-state index contributed by atoms with van der Waals surface area (Å²) < 4.78 is 10.7. The van der Waals surface area contributed by atoms with E-state index in [1.54, 1.807) is 69.3 Å². The van der Waals surface area contributed by atoms with Crippen molar-refractivity contribution in [1.29, 1.82) is 5.26 Å². The minimum Gasteiger partial charge on any atom is -0.481 e. The number of nitrogens with one attached hydrogen (secondary N) is 1. The van der Waals surface area contributed by atoms with Gasteiger partial charge < -0.3 is 14.8 Å². The van der Waals surface area contributed by atoms with E-state index in [4.69, 9.17) is 14.7 Å². The lowest BCUT2D eigenvalue weighted by atomic mass is 10.2. The SMILES string of the molecule is CC(C)OC(=O)c1ccc(NC(=O)[C@H](C)Oc2ccc(C#N)cc2)cc1. The van der Waals surface area contributed by atoms with E-state index in [9.17, 15) is 9.59 Å². The van der Waals surface area contributed by atoms with Crippen molar-refractivity contribution in [3.05, 3.63) is 59.7 Å². The molecule has 0 heterocycles. The van der Waals surface area contributed by atoms with E-state index in [-0.39, 0.29) is 12.0 Å². The molecule has 6 nitrogen and oxygen atoms in total. The standard InChI is InChI=1S/C20H20N2O4/c1-13(2)25-20(24)16-6-8-17(9-7-16)22-19(23)14(3)26-18-10-4-15(12-21)5-11-18/h4-11,13-14H,1-3H3,(H,22,23)/t14-/m0/s1. The lowest BCUT2D eigenvalue weighted by molar-refractivity contribution is -0.122. The van der Waals surface area contributed by atoms with Crippen LogP contribution in [0, 0.1) is 11.3 Å². The van der Waals surface area contributed by atoms with Gasteiger partial charge in [0.25, 0.3) is 5.91 Å². The Labute approximate surface area is 152 Å². The molecule has 0 aliphatic rings. The van der Waals surface area contributed by atoms with Gasteiger partial charge in [-0.15, -0.1) is 0 Å². The molecule has 1 atom stereocenters. The molecule has 2 aromatic rings. The summed E-state index contributed by atoms with van der Waals surface area (Å²) in [4.78, 5) is 24.0. The van der Waals surface area contributed by atoms with E-state index in [0.29, 0.717) is 22.6 Å². The fraction of sp³-hybridized carbons (Fsp3) is 0.250. The van der Waals surface area contributed by atoms with E-state index >= 15 is 0 Å². The number of rotatable bonds is 6. The number of anilines is 1. The van der Waals surface area contributed by atoms with Crippen LogP contribution in [0.5, 0.6) is 5.75 Å². The van der Waals surface area contributed by atoms with Crippen molar-refractivity contribution < 1.29 is 19.1 Å². The Bertz CT molecular complexity index is 805. The van der Waals surface area contributed by atoms with Gasteiger partial charge in [-0.2, -0.15) is 5.26 Å². The molecular weight excluding hydrogens is 332 g/mol. The second-order valence-corrected chi connectivity index (χ2v) is 5.92. The van der Waals surface area contributed by atoms with Crippen molar-refractivity contribution in [3.8, 4) is 11.8 Å². The number of nitrogens with zero attached hydrogens (tertiary/aromatic N) is 1. The molecule has 1 N–H and O–H groups in total. The maximum absolute atomic E-state index is 12.2. The maximum atomic E-state index is 12.2. The topological polar surface area (TPSA) is 88.4 Å². The third-order valence-corrected chi connectivity index (χ3v) is 3.40. The Morgan fingerprint density at radius 2 is 1.62 bits per heavy atom. The van der Waals surface area contributed by atoms with Gasteiger partial charge >= 0.3 is 5.97 Å². The highest BCUT2D eigenvalue weighted by atomic mass is 16.5. The summed E-state index contributed by atoms with van der Waals surface area (Å²) >= 11 is 0. The lowest BCUT2D eigenvalue weighted by Gasteiger charge is -2.15. The van der Waals surface area contributed by atoms with Gasteiger partial charge in [-0.1, -0.05) is 0 Å². The minimum absolute atomic E-state index is 0.192. The van der Waals surface area contributed by atoms with E-state index in [1.165, 1.54) is 0 Å². The summed E-state index contributed by atoms with van der Waals surface area (Å²) in [5.41, 5.74) is 1.48. The second kappa shape index (κ2) is 8.67. The fourth-order valence-corrected chi connectivity index (χ4v) is 2.08. The molecule has 0 aromatic heterocycles. The molecule has 6 heteroatoms. The van der Waals surface area contributed by atoms with Crippen molar-refractivity contribution in [2.75, 3.05) is 5.32 Å². The van der Waals surface area contributed by atoms with Crippen LogP contribution in [0.15, 0.2) is 48.5 Å². The first-order valence-corrected chi connectivity index (χ1v) is 8.17. The van der Waals surface area contributed by atoms with Gasteiger partial charge in [0.2, 0.25) is 0 Å². The van der Waals surface area contributed by atoms with Crippen LogP contribution in [0.25, 0.3) is 0 Å². The number of hydrogen-bond acceptors (Lipinski definition) is 5. The zero-order valence-electron chi connectivity index (χ0n) is 14.9. The van der Waals surface area contributed by atoms with Crippen LogP contribution in [0.4, 0.5) is 5.69 Å². The molecule has 0 spiro atoms. The Morgan fingerprint density at radius 1 is 1.00 bits per heavy atom. The van der Waals surface area contributed by atoms with Gasteiger partial charge in [0.1, 0.15) is 5.75 Å². The maximum Gasteiger partial charge on any atom is 0.338 e. The molecule has 2 aromatic carbocycles. The highest BCUT2D eigenvalue weighted by molar-refractivity contribution is 5.95. The van der Waals surface area contributed by atoms with Crippen LogP contribution in [-0.4, -0.2) is 24.1 Å². The Balaban J connectivity index is 1.93. The average molecular weight is 352 g/mol. The molecule has 2 rings (SSSR count). The number of ether oxygens (including phenoxy) is 2. The van der Waals surface area contributed by atoms with Crippen molar-refractivity contribution in [2.45, 2.75) is 33.0 Å². The molecule has 0 aliphatic heterocycles. The first kappa shape index (κ1) is 19.0. The van der Waals surface area contributed by atoms with Gasteiger partial charge in [0.15, 0.2) is 6.10 Å². The first-order valence-electron chi connectivity index (χ1n) is 8.17. The summed E-state index contributed by atoms with van der Waals surface area (Å²) in [7, 11) is 0. The van der Waals surface area contributed by atoms with Crippen LogP contribution in [0.1, 0.15) is 36.7 Å². The highest BCUT2D eigenvalue weighted by Crippen LogP contribution is 2.15. The van der Waals surface area contributed by atoms with Crippen LogP contribution in [-0.2, 0) is 9.53 Å². The quantitative estimate of drug-likeness (QED) is 0.804. The molecule has 134 valence electrons. The molecule has 0 bridgehead atoms. The zero-order chi connectivity index (χ0) is 19.1. The molecule has 0 saturated heterocycles. The van der Waals surface area contributed by atoms with Crippen LogP contribution < -0.4 is 10.1 Å². The minimum atomic E-state index is -0.728. The highest BCUT2D eigenvalue weighted by Gasteiger charge is 2.15. The van der Waals surface area contributed by atoms with Crippen molar-refractivity contribution in [3.63, 3.8) is 0 Å². The summed E-state index contributed by atoms with van der Waals surface area (Å²) in [6, 6.07) is 15.0. The van der Waals surface area contributed by atoms with Gasteiger partial charge in [-0.25, -0.2) is 4.79 Å². The normalized spacial score (nSPS) is 11.3. The molecule has 0 radical (unpaired) electrons. The molecule has 0 fully saturated rings. The largest absolute Gasteiger partial charge is 0.481 e. The summed E-state index contributed by atoms with van der Waals surface area (Å²) in [6.45, 7) is 5.19. The summed E-state index contributed by atoms with van der Waals surface area (Å²) in [5, 5.41) is 11.5. The van der Waals surface area contributed by atoms with Crippen LogP contribution in [0.3, 0.4) is 0 Å². The first-order chi connectivity index (χ1) is 12.4.